The van der Waals surface area contributed by atoms with Crippen molar-refractivity contribution in [3.63, 3.8) is 0 Å². The Kier molecular flexibility index (Phi) is 7.00. The predicted octanol–water partition coefficient (Wildman–Crippen LogP) is 6.70. The van der Waals surface area contributed by atoms with Crippen LogP contribution in [0.2, 0.25) is 10.0 Å². The van der Waals surface area contributed by atoms with Crippen LogP contribution in [0.5, 0.6) is 11.6 Å². The van der Waals surface area contributed by atoms with Crippen molar-refractivity contribution < 1.29 is 14.6 Å². The van der Waals surface area contributed by atoms with Crippen LogP contribution in [0.1, 0.15) is 25.8 Å². The fourth-order valence-electron chi connectivity index (χ4n) is 3.02. The van der Waals surface area contributed by atoms with Crippen molar-refractivity contribution in [1.29, 1.82) is 0 Å². The van der Waals surface area contributed by atoms with Crippen LogP contribution in [0.3, 0.4) is 0 Å². The molecular weight excluding hydrogens is 425 g/mol. The van der Waals surface area contributed by atoms with Crippen LogP contribution in [-0.4, -0.2) is 22.2 Å². The summed E-state index contributed by atoms with van der Waals surface area (Å²) in [6.07, 6.45) is 0.899. The molecule has 0 aliphatic carbocycles. The van der Waals surface area contributed by atoms with E-state index in [1.807, 2.05) is 25.1 Å². The van der Waals surface area contributed by atoms with Crippen LogP contribution in [0.15, 0.2) is 46.6 Å². The molecule has 1 amide bonds. The second-order valence-corrected chi connectivity index (χ2v) is 8.33. The van der Waals surface area contributed by atoms with Crippen molar-refractivity contribution in [2.75, 3.05) is 6.61 Å². The lowest BCUT2D eigenvalue weighted by molar-refractivity contribution is -0.120. The maximum absolute atomic E-state index is 12.2. The Balaban J connectivity index is 1.81. The summed E-state index contributed by atoms with van der Waals surface area (Å²) in [5.74, 6) is 0.204. The molecule has 0 saturated heterocycles. The third kappa shape index (κ3) is 5.12. The van der Waals surface area contributed by atoms with E-state index in [9.17, 15) is 9.90 Å². The molecule has 0 spiro atoms. The van der Waals surface area contributed by atoms with Crippen molar-refractivity contribution in [1.82, 2.24) is 4.57 Å². The highest BCUT2D eigenvalue weighted by Gasteiger charge is 2.17. The molecule has 158 valence electrons. The van der Waals surface area contributed by atoms with Gasteiger partial charge in [0.15, 0.2) is 12.3 Å². The number of nitrogens with zero attached hydrogens (tertiary/aromatic N) is 3. The van der Waals surface area contributed by atoms with Gasteiger partial charge in [0.1, 0.15) is 5.75 Å². The molecule has 0 unspecified atom stereocenters. The van der Waals surface area contributed by atoms with Crippen molar-refractivity contribution >= 4 is 45.7 Å². The van der Waals surface area contributed by atoms with Gasteiger partial charge < -0.3 is 14.4 Å². The second-order valence-electron chi connectivity index (χ2n) is 7.48. The fraction of sp³-hybridized carbons (Fsp3) is 0.318. The highest BCUT2D eigenvalue weighted by molar-refractivity contribution is 6.35. The number of amides is 1. The van der Waals surface area contributed by atoms with Crippen LogP contribution in [-0.2, 0) is 11.3 Å². The third-order valence-corrected chi connectivity index (χ3v) is 5.13. The summed E-state index contributed by atoms with van der Waals surface area (Å²) < 4.78 is 7.19. The molecule has 0 saturated carbocycles. The van der Waals surface area contributed by atoms with Gasteiger partial charge in [-0.3, -0.25) is 4.79 Å². The molecular formula is C22H23Cl2N3O3. The first-order chi connectivity index (χ1) is 14.3. The van der Waals surface area contributed by atoms with E-state index in [2.05, 4.69) is 24.1 Å². The highest BCUT2D eigenvalue weighted by atomic mass is 35.5. The lowest BCUT2D eigenvalue weighted by Gasteiger charge is -2.09. The quantitative estimate of drug-likeness (QED) is 0.409. The molecule has 30 heavy (non-hydrogen) atoms. The summed E-state index contributed by atoms with van der Waals surface area (Å²) in [6.45, 7) is 6.51. The van der Waals surface area contributed by atoms with Gasteiger partial charge in [0, 0.05) is 17.0 Å². The molecule has 3 aromatic rings. The Hall–Kier alpha value is -2.57. The maximum Gasteiger partial charge on any atom is 0.302 e. The first-order valence-electron chi connectivity index (χ1n) is 9.60. The van der Waals surface area contributed by atoms with Gasteiger partial charge in [-0.1, -0.05) is 48.7 Å². The molecule has 1 heterocycles. The van der Waals surface area contributed by atoms with E-state index in [4.69, 9.17) is 27.9 Å². The van der Waals surface area contributed by atoms with E-state index in [1.54, 1.807) is 16.7 Å². The molecule has 0 fully saturated rings. The lowest BCUT2D eigenvalue weighted by atomic mass is 10.1. The standard InChI is InChI=1S/C22H23Cl2N3O3/c1-13(2)8-9-27-18-6-4-14(3)10-16(18)21(22(27)29)26-25-20(28)12-30-19-7-5-15(23)11-17(19)24/h4-7,10-11,13,29H,8-9,12H2,1-3H3. The smallest absolute Gasteiger partial charge is 0.302 e. The molecule has 0 aliphatic rings. The zero-order valence-electron chi connectivity index (χ0n) is 17.0. The maximum atomic E-state index is 12.2. The number of aryl methyl sites for hydroxylation is 2. The molecule has 0 aliphatic heterocycles. The van der Waals surface area contributed by atoms with E-state index in [0.29, 0.717) is 28.3 Å². The number of fused-ring (bicyclic) bond motifs is 1. The van der Waals surface area contributed by atoms with Gasteiger partial charge in [0.25, 0.3) is 0 Å². The fourth-order valence-corrected chi connectivity index (χ4v) is 3.48. The van der Waals surface area contributed by atoms with Gasteiger partial charge in [-0.05, 0) is 49.6 Å². The summed E-state index contributed by atoms with van der Waals surface area (Å²) >= 11 is 11.9. The minimum atomic E-state index is -0.601. The number of aromatic nitrogens is 1. The number of benzene rings is 2. The van der Waals surface area contributed by atoms with Crippen LogP contribution >= 0.6 is 23.2 Å². The summed E-state index contributed by atoms with van der Waals surface area (Å²) in [4.78, 5) is 12.2. The lowest BCUT2D eigenvalue weighted by Crippen LogP contribution is -2.08. The Morgan fingerprint density at radius 1 is 1.20 bits per heavy atom. The minimum Gasteiger partial charge on any atom is -0.493 e. The molecule has 0 radical (unpaired) electrons. The van der Waals surface area contributed by atoms with Gasteiger partial charge in [-0.25, -0.2) is 0 Å². The normalized spacial score (nSPS) is 11.7. The average Bonchev–Trinajstić information content (AvgIpc) is 2.94. The number of carbonyl (C=O) groups excluding carboxylic acids is 1. The average molecular weight is 448 g/mol. The van der Waals surface area contributed by atoms with Gasteiger partial charge in [-0.2, -0.15) is 0 Å². The molecule has 8 heteroatoms. The Labute approximate surface area is 185 Å². The van der Waals surface area contributed by atoms with E-state index in [1.165, 1.54) is 6.07 Å². The molecule has 1 aromatic heterocycles. The summed E-state index contributed by atoms with van der Waals surface area (Å²) in [6, 6.07) is 10.5. The van der Waals surface area contributed by atoms with E-state index in [-0.39, 0.29) is 18.2 Å². The number of rotatable bonds is 7. The summed E-state index contributed by atoms with van der Waals surface area (Å²) in [7, 11) is 0. The van der Waals surface area contributed by atoms with E-state index < -0.39 is 5.91 Å². The topological polar surface area (TPSA) is 76.2 Å². The number of azo groups is 1. The molecule has 6 nitrogen and oxygen atoms in total. The first-order valence-corrected chi connectivity index (χ1v) is 10.4. The van der Waals surface area contributed by atoms with Crippen molar-refractivity contribution in [3.8, 4) is 11.6 Å². The third-order valence-electron chi connectivity index (χ3n) is 4.60. The van der Waals surface area contributed by atoms with Crippen LogP contribution in [0, 0.1) is 12.8 Å². The van der Waals surface area contributed by atoms with E-state index in [0.717, 1.165) is 22.9 Å². The van der Waals surface area contributed by atoms with Crippen LogP contribution in [0.25, 0.3) is 10.9 Å². The summed E-state index contributed by atoms with van der Waals surface area (Å²) in [5.41, 5.74) is 2.15. The highest BCUT2D eigenvalue weighted by Crippen LogP contribution is 2.39. The van der Waals surface area contributed by atoms with E-state index >= 15 is 0 Å². The monoisotopic (exact) mass is 447 g/mol. The van der Waals surface area contributed by atoms with Gasteiger partial charge in [0.2, 0.25) is 5.88 Å². The zero-order valence-corrected chi connectivity index (χ0v) is 18.5. The van der Waals surface area contributed by atoms with Gasteiger partial charge >= 0.3 is 5.91 Å². The number of ether oxygens (including phenoxy) is 1. The minimum absolute atomic E-state index is 0.00513. The number of hydrogen-bond donors (Lipinski definition) is 1. The first kappa shape index (κ1) is 22.1. The Morgan fingerprint density at radius 3 is 2.67 bits per heavy atom. The van der Waals surface area contributed by atoms with Crippen LogP contribution in [0.4, 0.5) is 5.69 Å². The Morgan fingerprint density at radius 2 is 1.97 bits per heavy atom. The van der Waals surface area contributed by atoms with Crippen LogP contribution < -0.4 is 4.74 Å². The molecule has 2 aromatic carbocycles. The van der Waals surface area contributed by atoms with Crippen molar-refractivity contribution in [3.05, 3.63) is 52.0 Å². The predicted molar refractivity (Wildman–Crippen MR) is 119 cm³/mol. The number of hydrogen-bond acceptors (Lipinski definition) is 4. The van der Waals surface area contributed by atoms with Gasteiger partial charge in [0.05, 0.1) is 10.5 Å². The van der Waals surface area contributed by atoms with Crippen molar-refractivity contribution in [2.24, 2.45) is 16.1 Å². The molecule has 0 atom stereocenters. The zero-order chi connectivity index (χ0) is 21.8. The number of aromatic hydroxyl groups is 1. The number of halogens is 2. The molecule has 1 N–H and O–H groups in total. The largest absolute Gasteiger partial charge is 0.493 e. The number of carbonyl (C=O) groups is 1. The Bertz CT molecular complexity index is 1110. The molecule has 0 bridgehead atoms. The van der Waals surface area contributed by atoms with Gasteiger partial charge in [-0.15, -0.1) is 10.2 Å². The molecule has 3 rings (SSSR count). The second kappa shape index (κ2) is 9.49. The SMILES string of the molecule is Cc1ccc2c(c1)c(N=NC(=O)COc1ccc(Cl)cc1Cl)c(O)n2CCC(C)C. The summed E-state index contributed by atoms with van der Waals surface area (Å²) in [5, 5.41) is 20.0. The van der Waals surface area contributed by atoms with Crippen molar-refractivity contribution in [2.45, 2.75) is 33.7 Å².